The molecule has 2 aromatic heterocycles. The van der Waals surface area contributed by atoms with Gasteiger partial charge in [-0.2, -0.15) is 5.10 Å². The van der Waals surface area contributed by atoms with Crippen molar-refractivity contribution in [3.05, 3.63) is 64.6 Å². The van der Waals surface area contributed by atoms with Crippen LogP contribution >= 0.6 is 21.6 Å². The van der Waals surface area contributed by atoms with E-state index in [1.807, 2.05) is 27.7 Å². The molecule has 3 heterocycles. The molecule has 11 heteroatoms. The maximum absolute atomic E-state index is 14.3. The lowest BCUT2D eigenvalue weighted by Crippen LogP contribution is -2.25. The lowest BCUT2D eigenvalue weighted by Gasteiger charge is -2.33. The summed E-state index contributed by atoms with van der Waals surface area (Å²) in [7, 11) is 2.40. The predicted molar refractivity (Wildman–Crippen MR) is 163 cm³/mol. The van der Waals surface area contributed by atoms with Gasteiger partial charge >= 0.3 is 5.97 Å². The van der Waals surface area contributed by atoms with E-state index in [-0.39, 0.29) is 12.3 Å². The number of benzene rings is 2. The average Bonchev–Trinajstić information content (AvgIpc) is 3.52. The van der Waals surface area contributed by atoms with Gasteiger partial charge in [-0.1, -0.05) is 11.6 Å². The van der Waals surface area contributed by atoms with Crippen LogP contribution < -0.4 is 4.90 Å². The van der Waals surface area contributed by atoms with Crippen molar-refractivity contribution >= 4 is 49.9 Å². The van der Waals surface area contributed by atoms with Gasteiger partial charge in [0.15, 0.2) is 0 Å². The minimum atomic E-state index is -2.66. The number of alkyl halides is 2. The summed E-state index contributed by atoms with van der Waals surface area (Å²) < 4.78 is 43.1. The molecule has 0 spiro atoms. The molecule has 0 fully saturated rings. The molecule has 1 aliphatic rings. The van der Waals surface area contributed by atoms with E-state index in [2.05, 4.69) is 23.9 Å². The summed E-state index contributed by atoms with van der Waals surface area (Å²) in [5, 5.41) is 5.23. The number of anilines is 2. The Morgan fingerprint density at radius 2 is 1.95 bits per heavy atom. The summed E-state index contributed by atoms with van der Waals surface area (Å²) >= 11 is 6.87. The lowest BCUT2D eigenvalue weighted by molar-refractivity contribution is 0.0601. The molecule has 0 unspecified atom stereocenters. The predicted octanol–water partition coefficient (Wildman–Crippen LogP) is 7.17. The average molecular weight is 605 g/mol. The molecule has 0 saturated heterocycles. The van der Waals surface area contributed by atoms with Crippen LogP contribution in [0.3, 0.4) is 0 Å². The van der Waals surface area contributed by atoms with Crippen molar-refractivity contribution in [3.63, 3.8) is 0 Å². The molecule has 0 amide bonds. The van der Waals surface area contributed by atoms with Crippen molar-refractivity contribution in [2.75, 3.05) is 49.7 Å². The van der Waals surface area contributed by atoms with Crippen LogP contribution in [0.5, 0.6) is 0 Å². The van der Waals surface area contributed by atoms with Gasteiger partial charge in [0.1, 0.15) is 6.73 Å². The fourth-order valence-electron chi connectivity index (χ4n) is 5.28. The van der Waals surface area contributed by atoms with Gasteiger partial charge in [-0.25, -0.2) is 23.6 Å². The van der Waals surface area contributed by atoms with E-state index in [4.69, 9.17) is 21.1 Å². The van der Waals surface area contributed by atoms with E-state index < -0.39 is 22.4 Å². The van der Waals surface area contributed by atoms with Crippen LogP contribution in [0.4, 0.5) is 20.2 Å². The van der Waals surface area contributed by atoms with E-state index in [1.165, 1.54) is 7.11 Å². The Labute approximate surface area is 245 Å². The highest BCUT2D eigenvalue weighted by Gasteiger charge is 2.27. The van der Waals surface area contributed by atoms with Gasteiger partial charge in [0, 0.05) is 59.6 Å². The van der Waals surface area contributed by atoms with Crippen LogP contribution in [0.15, 0.2) is 42.9 Å². The number of halogens is 3. The smallest absolute Gasteiger partial charge is 0.340 e. The van der Waals surface area contributed by atoms with E-state index >= 15 is 0 Å². The molecule has 7 nitrogen and oxygen atoms in total. The molecule has 0 radical (unpaired) electrons. The number of nitrogens with zero attached hydrogens (tertiary/aromatic N) is 4. The minimum absolute atomic E-state index is 0.0496. The van der Waals surface area contributed by atoms with Gasteiger partial charge in [0.25, 0.3) is 6.43 Å². The van der Waals surface area contributed by atoms with Gasteiger partial charge < -0.3 is 18.9 Å². The zero-order valence-electron chi connectivity index (χ0n) is 23.9. The first-order chi connectivity index (χ1) is 19.5. The Balaban J connectivity index is 1.57. The highest BCUT2D eigenvalue weighted by atomic mass is 35.5. The molecule has 0 aliphatic carbocycles. The number of esters is 1. The maximum atomic E-state index is 14.3. The number of ether oxygens (including phenoxy) is 2. The second-order valence-electron chi connectivity index (χ2n) is 11.2. The second kappa shape index (κ2) is 11.7. The number of hydrogen-bond acceptors (Lipinski definition) is 5. The van der Waals surface area contributed by atoms with E-state index in [1.54, 1.807) is 36.4 Å². The number of fused-ring (bicyclic) bond motifs is 2. The number of aromatic nitrogens is 3. The van der Waals surface area contributed by atoms with Crippen LogP contribution in [0, 0.1) is 0 Å². The minimum Gasteiger partial charge on any atom is -0.465 e. The standard InChI is InChI=1S/C30H35ClF2N4O3S/c1-35-16-20(15-34-35)22-11-19-7-6-8-37(27(19)14-24(22)29(32)33)21-12-23-25(30(38)39-2)17-36(28(23)26(31)13-21)18-40-9-10-41(3,4)5/h11-17,29H,6-10,18H2,1-5H3. The van der Waals surface area contributed by atoms with E-state index in [9.17, 15) is 13.6 Å². The second-order valence-corrected chi connectivity index (χ2v) is 16.2. The number of aryl methyl sites for hydroxylation is 2. The van der Waals surface area contributed by atoms with Gasteiger partial charge in [0.05, 0.1) is 36.0 Å². The summed E-state index contributed by atoms with van der Waals surface area (Å²) in [6.45, 7) is 1.46. The van der Waals surface area contributed by atoms with Gasteiger partial charge in [-0.15, -0.1) is 0 Å². The van der Waals surface area contributed by atoms with Crippen LogP contribution in [-0.4, -0.2) is 65.1 Å². The van der Waals surface area contributed by atoms with Crippen molar-refractivity contribution in [2.45, 2.75) is 26.0 Å². The number of carbonyl (C=O) groups excluding carboxylic acids is 1. The highest BCUT2D eigenvalue weighted by Crippen LogP contribution is 2.43. The maximum Gasteiger partial charge on any atom is 0.340 e. The van der Waals surface area contributed by atoms with Crippen molar-refractivity contribution in [3.8, 4) is 11.1 Å². The number of rotatable bonds is 9. The van der Waals surface area contributed by atoms with Gasteiger partial charge in [0.2, 0.25) is 0 Å². The molecular formula is C30H35ClF2N4O3S. The third-order valence-electron chi connectivity index (χ3n) is 7.32. The zero-order chi connectivity index (χ0) is 29.5. The molecule has 0 bridgehead atoms. The Hall–Kier alpha value is -3.08. The summed E-state index contributed by atoms with van der Waals surface area (Å²) in [6, 6.07) is 7.15. The van der Waals surface area contributed by atoms with Crippen LogP contribution in [0.1, 0.15) is 34.3 Å². The van der Waals surface area contributed by atoms with Gasteiger partial charge in [-0.3, -0.25) is 4.68 Å². The third kappa shape index (κ3) is 6.10. The summed E-state index contributed by atoms with van der Waals surface area (Å²) in [6.07, 6.45) is 10.7. The Morgan fingerprint density at radius 1 is 1.17 bits per heavy atom. The molecule has 0 saturated carbocycles. The topological polar surface area (TPSA) is 61.5 Å². The molecule has 4 aromatic rings. The molecule has 0 atom stereocenters. The Kier molecular flexibility index (Phi) is 8.36. The summed E-state index contributed by atoms with van der Waals surface area (Å²) in [5.74, 6) is 0.479. The van der Waals surface area contributed by atoms with Crippen molar-refractivity contribution in [2.24, 2.45) is 7.05 Å². The highest BCUT2D eigenvalue weighted by molar-refractivity contribution is 8.32. The monoisotopic (exact) mass is 604 g/mol. The number of methoxy groups -OCH3 is 1. The number of hydrogen-bond donors (Lipinski definition) is 0. The normalized spacial score (nSPS) is 14.1. The van der Waals surface area contributed by atoms with Crippen molar-refractivity contribution in [1.29, 1.82) is 0 Å². The summed E-state index contributed by atoms with van der Waals surface area (Å²) in [4.78, 5) is 14.8. The molecule has 5 rings (SSSR count). The quantitative estimate of drug-likeness (QED) is 0.150. The van der Waals surface area contributed by atoms with Crippen LogP contribution in [0.2, 0.25) is 5.02 Å². The van der Waals surface area contributed by atoms with Crippen LogP contribution in [0.25, 0.3) is 22.0 Å². The summed E-state index contributed by atoms with van der Waals surface area (Å²) in [5.41, 5.74) is 4.52. The zero-order valence-corrected chi connectivity index (χ0v) is 25.5. The molecule has 41 heavy (non-hydrogen) atoms. The van der Waals surface area contributed by atoms with E-state index in [0.717, 1.165) is 29.8 Å². The Morgan fingerprint density at radius 3 is 2.61 bits per heavy atom. The van der Waals surface area contributed by atoms with Crippen LogP contribution in [-0.2, 0) is 29.7 Å². The number of carbonyl (C=O) groups is 1. The SMILES string of the molecule is COC(=O)c1cn(COCCS(C)(C)C)c2c(Cl)cc(N3CCCc4cc(-c5cnn(C)c5)c(C(F)F)cc43)cc12. The molecule has 2 aromatic carbocycles. The molecule has 220 valence electrons. The van der Waals surface area contributed by atoms with Gasteiger partial charge in [-0.05, 0) is 67.0 Å². The van der Waals surface area contributed by atoms with Crippen molar-refractivity contribution in [1.82, 2.24) is 14.3 Å². The third-order valence-corrected chi connectivity index (χ3v) is 9.00. The fraction of sp³-hybridized carbons (Fsp3) is 0.400. The van der Waals surface area contributed by atoms with E-state index in [0.29, 0.717) is 51.5 Å². The van der Waals surface area contributed by atoms with Crippen molar-refractivity contribution < 1.29 is 23.0 Å². The lowest BCUT2D eigenvalue weighted by atomic mass is 9.92. The first-order valence-corrected chi connectivity index (χ1v) is 16.7. The first kappa shape index (κ1) is 29.4. The Bertz CT molecular complexity index is 1590. The fourth-order valence-corrected chi connectivity index (χ4v) is 6.22. The largest absolute Gasteiger partial charge is 0.465 e. The molecular weight excluding hydrogens is 570 g/mol. The molecule has 0 N–H and O–H groups in total. The molecule has 1 aliphatic heterocycles. The first-order valence-electron chi connectivity index (χ1n) is 13.3.